The van der Waals surface area contributed by atoms with E-state index < -0.39 is 0 Å². The molecule has 1 atom stereocenters. The van der Waals surface area contributed by atoms with E-state index in [1.807, 2.05) is 7.11 Å². The minimum atomic E-state index is 0.571. The number of ether oxygens (including phenoxy) is 1. The molecule has 82 valence electrons. The van der Waals surface area contributed by atoms with E-state index in [4.69, 9.17) is 4.74 Å². The molecular formula is C13H24O. The third kappa shape index (κ3) is 1.98. The fourth-order valence-corrected chi connectivity index (χ4v) is 3.57. The fraction of sp³-hybridized carbons (Fsp3) is 1.00. The lowest BCUT2D eigenvalue weighted by Crippen LogP contribution is -2.28. The van der Waals surface area contributed by atoms with Crippen LogP contribution < -0.4 is 0 Å². The molecule has 0 bridgehead atoms. The predicted octanol–water partition coefficient (Wildman–Crippen LogP) is 3.77. The molecule has 2 aliphatic carbocycles. The summed E-state index contributed by atoms with van der Waals surface area (Å²) in [7, 11) is 1.87. The van der Waals surface area contributed by atoms with Crippen molar-refractivity contribution in [1.82, 2.24) is 0 Å². The van der Waals surface area contributed by atoms with Crippen LogP contribution in [-0.4, -0.2) is 13.2 Å². The molecule has 0 aromatic carbocycles. The fourth-order valence-electron chi connectivity index (χ4n) is 3.57. The molecule has 0 heterocycles. The summed E-state index contributed by atoms with van der Waals surface area (Å²) in [6.07, 6.45) is 12.0. The topological polar surface area (TPSA) is 9.23 Å². The molecule has 1 spiro atoms. The second kappa shape index (κ2) is 4.22. The first-order valence-electron chi connectivity index (χ1n) is 6.31. The Labute approximate surface area is 88.2 Å². The third-order valence-electron chi connectivity index (χ3n) is 4.71. The molecule has 2 rings (SSSR count). The zero-order chi connectivity index (χ0) is 10.0. The normalized spacial score (nSPS) is 43.3. The zero-order valence-electron chi connectivity index (χ0n) is 9.72. The largest absolute Gasteiger partial charge is 0.381 e. The highest BCUT2D eigenvalue weighted by Gasteiger charge is 2.40. The van der Waals surface area contributed by atoms with Crippen molar-refractivity contribution in [2.45, 2.75) is 64.4 Å². The maximum atomic E-state index is 5.45. The molecule has 2 aliphatic rings. The molecule has 1 heteroatoms. The van der Waals surface area contributed by atoms with Gasteiger partial charge in [0.1, 0.15) is 0 Å². The number of rotatable bonds is 2. The summed E-state index contributed by atoms with van der Waals surface area (Å²) in [4.78, 5) is 0. The summed E-state index contributed by atoms with van der Waals surface area (Å²) >= 11 is 0. The molecule has 0 aromatic rings. The minimum Gasteiger partial charge on any atom is -0.381 e. The highest BCUT2D eigenvalue weighted by molar-refractivity contribution is 4.92. The lowest BCUT2D eigenvalue weighted by Gasteiger charge is -2.37. The SMILES string of the molecule is CCC1CCC2(CCC(OC)CC2)C1. The van der Waals surface area contributed by atoms with Crippen molar-refractivity contribution < 1.29 is 4.74 Å². The first-order chi connectivity index (χ1) is 6.78. The van der Waals surface area contributed by atoms with E-state index in [1.54, 1.807) is 0 Å². The smallest absolute Gasteiger partial charge is 0.0571 e. The molecule has 2 saturated carbocycles. The molecule has 0 saturated heterocycles. The summed E-state index contributed by atoms with van der Waals surface area (Å²) in [5, 5.41) is 0. The van der Waals surface area contributed by atoms with Crippen molar-refractivity contribution in [2.75, 3.05) is 7.11 Å². The highest BCUT2D eigenvalue weighted by atomic mass is 16.5. The standard InChI is InChI=1S/C13H24O/c1-3-11-4-7-13(10-11)8-5-12(14-2)6-9-13/h11-12H,3-10H2,1-2H3. The van der Waals surface area contributed by atoms with Gasteiger partial charge < -0.3 is 4.74 Å². The van der Waals surface area contributed by atoms with Crippen LogP contribution in [-0.2, 0) is 4.74 Å². The van der Waals surface area contributed by atoms with Gasteiger partial charge >= 0.3 is 0 Å². The van der Waals surface area contributed by atoms with Gasteiger partial charge in [-0.25, -0.2) is 0 Å². The Kier molecular flexibility index (Phi) is 3.16. The van der Waals surface area contributed by atoms with Crippen LogP contribution in [0.3, 0.4) is 0 Å². The van der Waals surface area contributed by atoms with Crippen LogP contribution in [0.4, 0.5) is 0 Å². The van der Waals surface area contributed by atoms with Crippen LogP contribution in [0.5, 0.6) is 0 Å². The number of methoxy groups -OCH3 is 1. The lowest BCUT2D eigenvalue weighted by atomic mass is 9.71. The lowest BCUT2D eigenvalue weighted by molar-refractivity contribution is 0.0272. The number of hydrogen-bond donors (Lipinski definition) is 0. The quantitative estimate of drug-likeness (QED) is 0.653. The van der Waals surface area contributed by atoms with Crippen LogP contribution in [0, 0.1) is 11.3 Å². The van der Waals surface area contributed by atoms with Crippen molar-refractivity contribution in [3.63, 3.8) is 0 Å². The molecule has 0 amide bonds. The molecule has 0 aromatic heterocycles. The van der Waals surface area contributed by atoms with E-state index in [0.717, 1.165) is 11.3 Å². The second-order valence-electron chi connectivity index (χ2n) is 5.45. The van der Waals surface area contributed by atoms with E-state index in [-0.39, 0.29) is 0 Å². The average molecular weight is 196 g/mol. The molecule has 0 N–H and O–H groups in total. The summed E-state index contributed by atoms with van der Waals surface area (Å²) < 4.78 is 5.45. The highest BCUT2D eigenvalue weighted by Crippen LogP contribution is 2.52. The predicted molar refractivity (Wildman–Crippen MR) is 59.3 cm³/mol. The molecular weight excluding hydrogens is 172 g/mol. The van der Waals surface area contributed by atoms with Crippen molar-refractivity contribution in [1.29, 1.82) is 0 Å². The maximum Gasteiger partial charge on any atom is 0.0571 e. The van der Waals surface area contributed by atoms with E-state index in [1.165, 1.54) is 51.4 Å². The molecule has 0 radical (unpaired) electrons. The first kappa shape index (κ1) is 10.5. The van der Waals surface area contributed by atoms with Crippen LogP contribution in [0.15, 0.2) is 0 Å². The van der Waals surface area contributed by atoms with E-state index in [9.17, 15) is 0 Å². The Balaban J connectivity index is 1.87. The van der Waals surface area contributed by atoms with Crippen molar-refractivity contribution in [3.8, 4) is 0 Å². The van der Waals surface area contributed by atoms with E-state index in [0.29, 0.717) is 6.10 Å². The van der Waals surface area contributed by atoms with Crippen LogP contribution in [0.1, 0.15) is 58.3 Å². The van der Waals surface area contributed by atoms with Gasteiger partial charge in [0.2, 0.25) is 0 Å². The van der Waals surface area contributed by atoms with Gasteiger partial charge in [-0.05, 0) is 56.3 Å². The second-order valence-corrected chi connectivity index (χ2v) is 5.45. The Morgan fingerprint density at radius 1 is 1.14 bits per heavy atom. The first-order valence-corrected chi connectivity index (χ1v) is 6.31. The van der Waals surface area contributed by atoms with Gasteiger partial charge in [-0.2, -0.15) is 0 Å². The molecule has 0 aliphatic heterocycles. The van der Waals surface area contributed by atoms with Gasteiger partial charge in [0.15, 0.2) is 0 Å². The van der Waals surface area contributed by atoms with Crippen LogP contribution in [0.2, 0.25) is 0 Å². The van der Waals surface area contributed by atoms with E-state index >= 15 is 0 Å². The Bertz CT molecular complexity index is 180. The van der Waals surface area contributed by atoms with Gasteiger partial charge in [0.05, 0.1) is 6.10 Å². The van der Waals surface area contributed by atoms with Gasteiger partial charge in [0.25, 0.3) is 0 Å². The summed E-state index contributed by atoms with van der Waals surface area (Å²) in [5.41, 5.74) is 0.746. The van der Waals surface area contributed by atoms with Crippen molar-refractivity contribution >= 4 is 0 Å². The van der Waals surface area contributed by atoms with Crippen LogP contribution >= 0.6 is 0 Å². The average Bonchev–Trinajstić information content (AvgIpc) is 2.63. The summed E-state index contributed by atoms with van der Waals surface area (Å²) in [6, 6.07) is 0. The monoisotopic (exact) mass is 196 g/mol. The van der Waals surface area contributed by atoms with Crippen molar-refractivity contribution in [2.24, 2.45) is 11.3 Å². The van der Waals surface area contributed by atoms with Gasteiger partial charge in [-0.1, -0.05) is 13.3 Å². The third-order valence-corrected chi connectivity index (χ3v) is 4.71. The molecule has 14 heavy (non-hydrogen) atoms. The molecule has 1 unspecified atom stereocenters. The maximum absolute atomic E-state index is 5.45. The molecule has 1 nitrogen and oxygen atoms in total. The van der Waals surface area contributed by atoms with Gasteiger partial charge in [-0.3, -0.25) is 0 Å². The number of hydrogen-bond acceptors (Lipinski definition) is 1. The van der Waals surface area contributed by atoms with Crippen LogP contribution in [0.25, 0.3) is 0 Å². The Morgan fingerprint density at radius 3 is 2.29 bits per heavy atom. The Hall–Kier alpha value is -0.0400. The summed E-state index contributed by atoms with van der Waals surface area (Å²) in [6.45, 7) is 2.35. The summed E-state index contributed by atoms with van der Waals surface area (Å²) in [5.74, 6) is 1.04. The van der Waals surface area contributed by atoms with Crippen molar-refractivity contribution in [3.05, 3.63) is 0 Å². The zero-order valence-corrected chi connectivity index (χ0v) is 9.72. The van der Waals surface area contributed by atoms with E-state index in [2.05, 4.69) is 6.92 Å². The Morgan fingerprint density at radius 2 is 1.79 bits per heavy atom. The van der Waals surface area contributed by atoms with Gasteiger partial charge in [-0.15, -0.1) is 0 Å². The molecule has 2 fully saturated rings. The minimum absolute atomic E-state index is 0.571. The van der Waals surface area contributed by atoms with Gasteiger partial charge in [0, 0.05) is 7.11 Å².